The van der Waals surface area contributed by atoms with Gasteiger partial charge in [0.15, 0.2) is 0 Å². The predicted octanol–water partition coefficient (Wildman–Crippen LogP) is 2.17. The lowest BCUT2D eigenvalue weighted by Gasteiger charge is -2.10. The Morgan fingerprint density at radius 1 is 1.38 bits per heavy atom. The van der Waals surface area contributed by atoms with Crippen LogP contribution in [-0.4, -0.2) is 36.3 Å². The van der Waals surface area contributed by atoms with E-state index in [0.717, 1.165) is 18.0 Å². The SMILES string of the molecule is O=C(O)c1cccc(CSc2nnnn2C2CCCC2)n1. The Bertz CT molecular complexity index is 639. The molecule has 1 N–H and O–H groups in total. The summed E-state index contributed by atoms with van der Waals surface area (Å²) in [5.41, 5.74) is 0.768. The first-order chi connectivity index (χ1) is 10.2. The van der Waals surface area contributed by atoms with Gasteiger partial charge in [-0.15, -0.1) is 5.10 Å². The summed E-state index contributed by atoms with van der Waals surface area (Å²) in [7, 11) is 0. The van der Waals surface area contributed by atoms with Crippen LogP contribution in [0.5, 0.6) is 0 Å². The molecule has 0 bridgehead atoms. The Morgan fingerprint density at radius 2 is 2.19 bits per heavy atom. The van der Waals surface area contributed by atoms with Gasteiger partial charge in [-0.1, -0.05) is 30.7 Å². The van der Waals surface area contributed by atoms with E-state index in [9.17, 15) is 4.79 Å². The van der Waals surface area contributed by atoms with Gasteiger partial charge >= 0.3 is 5.97 Å². The minimum Gasteiger partial charge on any atom is -0.477 e. The maximum Gasteiger partial charge on any atom is 0.354 e. The van der Waals surface area contributed by atoms with Crippen LogP contribution in [0.4, 0.5) is 0 Å². The van der Waals surface area contributed by atoms with Crippen molar-refractivity contribution in [2.45, 2.75) is 42.6 Å². The molecule has 0 spiro atoms. The highest BCUT2D eigenvalue weighted by Crippen LogP contribution is 2.32. The van der Waals surface area contributed by atoms with Crippen LogP contribution in [0.2, 0.25) is 0 Å². The van der Waals surface area contributed by atoms with E-state index in [4.69, 9.17) is 5.11 Å². The summed E-state index contributed by atoms with van der Waals surface area (Å²) in [6.07, 6.45) is 4.67. The third-order valence-corrected chi connectivity index (χ3v) is 4.48. The average Bonchev–Trinajstić information content (AvgIpc) is 3.16. The normalized spacial score (nSPS) is 15.4. The fourth-order valence-electron chi connectivity index (χ4n) is 2.48. The van der Waals surface area contributed by atoms with Crippen LogP contribution in [0.3, 0.4) is 0 Å². The van der Waals surface area contributed by atoms with Crippen LogP contribution < -0.4 is 0 Å². The third kappa shape index (κ3) is 3.21. The van der Waals surface area contributed by atoms with Crippen molar-refractivity contribution < 1.29 is 9.90 Å². The van der Waals surface area contributed by atoms with Gasteiger partial charge in [-0.25, -0.2) is 14.5 Å². The van der Waals surface area contributed by atoms with Crippen LogP contribution >= 0.6 is 11.8 Å². The molecule has 0 saturated heterocycles. The van der Waals surface area contributed by atoms with Crippen LogP contribution in [-0.2, 0) is 5.75 Å². The molecule has 21 heavy (non-hydrogen) atoms. The lowest BCUT2D eigenvalue weighted by Crippen LogP contribution is -2.08. The molecule has 2 aromatic heterocycles. The van der Waals surface area contributed by atoms with Gasteiger partial charge in [-0.05, 0) is 35.4 Å². The van der Waals surface area contributed by atoms with Crippen LogP contribution in [0, 0.1) is 0 Å². The van der Waals surface area contributed by atoms with Crippen molar-refractivity contribution in [3.8, 4) is 0 Å². The van der Waals surface area contributed by atoms with E-state index in [1.54, 1.807) is 6.07 Å². The standard InChI is InChI=1S/C13H15N5O2S/c19-12(20)11-7-3-4-9(14-11)8-21-13-15-16-17-18(13)10-5-1-2-6-10/h3-4,7,10H,1-2,5-6,8H2,(H,19,20). The highest BCUT2D eigenvalue weighted by molar-refractivity contribution is 7.98. The Morgan fingerprint density at radius 3 is 2.95 bits per heavy atom. The fraction of sp³-hybridized carbons (Fsp3) is 0.462. The van der Waals surface area contributed by atoms with Gasteiger partial charge in [0, 0.05) is 5.75 Å². The second-order valence-corrected chi connectivity index (χ2v) is 5.89. The average molecular weight is 305 g/mol. The zero-order valence-electron chi connectivity index (χ0n) is 11.3. The summed E-state index contributed by atoms with van der Waals surface area (Å²) in [6.45, 7) is 0. The van der Waals surface area contributed by atoms with Crippen molar-refractivity contribution in [2.75, 3.05) is 0 Å². The predicted molar refractivity (Wildman–Crippen MR) is 76.1 cm³/mol. The monoisotopic (exact) mass is 305 g/mol. The molecule has 0 unspecified atom stereocenters. The Labute approximate surface area is 125 Å². The van der Waals surface area contributed by atoms with Gasteiger partial charge in [0.1, 0.15) is 5.69 Å². The van der Waals surface area contributed by atoms with Crippen molar-refractivity contribution in [1.82, 2.24) is 25.2 Å². The van der Waals surface area contributed by atoms with E-state index in [-0.39, 0.29) is 5.69 Å². The number of aromatic carboxylic acids is 1. The first kappa shape index (κ1) is 14.0. The third-order valence-electron chi connectivity index (χ3n) is 3.51. The molecule has 7 nitrogen and oxygen atoms in total. The number of carboxylic acid groups (broad SMARTS) is 1. The highest BCUT2D eigenvalue weighted by atomic mass is 32.2. The van der Waals surface area contributed by atoms with E-state index >= 15 is 0 Å². The molecular formula is C13H15N5O2S. The summed E-state index contributed by atoms with van der Waals surface area (Å²) in [4.78, 5) is 15.0. The number of carboxylic acids is 1. The van der Waals surface area contributed by atoms with Gasteiger partial charge in [-0.3, -0.25) is 0 Å². The number of pyridine rings is 1. The van der Waals surface area contributed by atoms with E-state index in [0.29, 0.717) is 17.5 Å². The molecule has 8 heteroatoms. The maximum absolute atomic E-state index is 10.9. The van der Waals surface area contributed by atoms with Gasteiger partial charge < -0.3 is 5.11 Å². The van der Waals surface area contributed by atoms with Gasteiger partial charge in [0.05, 0.1) is 11.7 Å². The number of thioether (sulfide) groups is 1. The molecule has 0 aliphatic heterocycles. The molecule has 2 heterocycles. The molecule has 2 aromatic rings. The minimum atomic E-state index is -1.02. The van der Waals surface area contributed by atoms with Crippen LogP contribution in [0.15, 0.2) is 23.4 Å². The number of tetrazole rings is 1. The number of carbonyl (C=O) groups is 1. The number of hydrogen-bond donors (Lipinski definition) is 1. The van der Waals surface area contributed by atoms with Crippen molar-refractivity contribution in [3.05, 3.63) is 29.6 Å². The molecular weight excluding hydrogens is 290 g/mol. The number of rotatable bonds is 5. The Hall–Kier alpha value is -1.96. The van der Waals surface area contributed by atoms with E-state index in [1.165, 1.54) is 30.7 Å². The quantitative estimate of drug-likeness (QED) is 0.846. The van der Waals surface area contributed by atoms with Crippen LogP contribution in [0.25, 0.3) is 0 Å². The van der Waals surface area contributed by atoms with E-state index in [1.807, 2.05) is 10.7 Å². The summed E-state index contributed by atoms with van der Waals surface area (Å²) in [5.74, 6) is -0.466. The van der Waals surface area contributed by atoms with Crippen molar-refractivity contribution >= 4 is 17.7 Å². The minimum absolute atomic E-state index is 0.0588. The van der Waals surface area contributed by atoms with Gasteiger partial charge in [-0.2, -0.15) is 0 Å². The summed E-state index contributed by atoms with van der Waals surface area (Å²) in [5, 5.41) is 21.6. The Kier molecular flexibility index (Phi) is 4.14. The van der Waals surface area contributed by atoms with Crippen molar-refractivity contribution in [2.24, 2.45) is 0 Å². The number of nitrogens with zero attached hydrogens (tertiary/aromatic N) is 5. The lowest BCUT2D eigenvalue weighted by atomic mass is 10.3. The van der Waals surface area contributed by atoms with E-state index in [2.05, 4.69) is 20.5 Å². The lowest BCUT2D eigenvalue weighted by molar-refractivity contribution is 0.0690. The molecule has 1 fully saturated rings. The van der Waals surface area contributed by atoms with Crippen molar-refractivity contribution in [1.29, 1.82) is 0 Å². The summed E-state index contributed by atoms with van der Waals surface area (Å²) < 4.78 is 1.89. The zero-order chi connectivity index (χ0) is 14.7. The van der Waals surface area contributed by atoms with Crippen molar-refractivity contribution in [3.63, 3.8) is 0 Å². The highest BCUT2D eigenvalue weighted by Gasteiger charge is 2.21. The smallest absolute Gasteiger partial charge is 0.354 e. The molecule has 110 valence electrons. The summed E-state index contributed by atoms with van der Waals surface area (Å²) in [6, 6.07) is 5.38. The number of aromatic nitrogens is 5. The summed E-state index contributed by atoms with van der Waals surface area (Å²) >= 11 is 1.49. The molecule has 3 rings (SSSR count). The fourth-order valence-corrected chi connectivity index (χ4v) is 3.33. The first-order valence-corrected chi connectivity index (χ1v) is 7.82. The second kappa shape index (κ2) is 6.21. The molecule has 0 radical (unpaired) electrons. The molecule has 0 amide bonds. The molecule has 1 aliphatic rings. The van der Waals surface area contributed by atoms with Gasteiger partial charge in [0.25, 0.3) is 0 Å². The molecule has 0 aromatic carbocycles. The topological polar surface area (TPSA) is 93.8 Å². The molecule has 1 aliphatic carbocycles. The largest absolute Gasteiger partial charge is 0.477 e. The van der Waals surface area contributed by atoms with E-state index < -0.39 is 5.97 Å². The first-order valence-electron chi connectivity index (χ1n) is 6.84. The van der Waals surface area contributed by atoms with Crippen LogP contribution in [0.1, 0.15) is 47.9 Å². The number of hydrogen-bond acceptors (Lipinski definition) is 6. The molecule has 0 atom stereocenters. The zero-order valence-corrected chi connectivity index (χ0v) is 12.2. The second-order valence-electron chi connectivity index (χ2n) is 4.95. The maximum atomic E-state index is 10.9. The molecule has 1 saturated carbocycles. The Balaban J connectivity index is 1.69. The van der Waals surface area contributed by atoms with Gasteiger partial charge in [0.2, 0.25) is 5.16 Å².